The summed E-state index contributed by atoms with van der Waals surface area (Å²) >= 11 is 0. The van der Waals surface area contributed by atoms with Gasteiger partial charge in [0.1, 0.15) is 11.5 Å². The highest BCUT2D eigenvalue weighted by Gasteiger charge is 2.45. The van der Waals surface area contributed by atoms with E-state index in [9.17, 15) is 14.7 Å². The molecular formula is C29H36N2O5. The van der Waals surface area contributed by atoms with Crippen LogP contribution in [0.1, 0.15) is 49.9 Å². The van der Waals surface area contributed by atoms with E-state index in [2.05, 4.69) is 25.7 Å². The fourth-order valence-electron chi connectivity index (χ4n) is 4.84. The van der Waals surface area contributed by atoms with Gasteiger partial charge in [-0.15, -0.1) is 0 Å². The molecule has 1 atom stereocenters. The first kappa shape index (κ1) is 25.9. The van der Waals surface area contributed by atoms with Gasteiger partial charge in [0.05, 0.1) is 31.9 Å². The predicted octanol–water partition coefficient (Wildman–Crippen LogP) is 4.14. The second-order valence-electron chi connectivity index (χ2n) is 10.4. The Hall–Kier alpha value is -3.16. The molecule has 2 aliphatic heterocycles. The minimum atomic E-state index is -0.661. The van der Waals surface area contributed by atoms with E-state index >= 15 is 0 Å². The van der Waals surface area contributed by atoms with Crippen molar-refractivity contribution in [3.63, 3.8) is 0 Å². The molecule has 0 bridgehead atoms. The molecule has 1 N–H and O–H groups in total. The van der Waals surface area contributed by atoms with Crippen LogP contribution in [0.3, 0.4) is 0 Å². The number of methoxy groups -OCH3 is 1. The van der Waals surface area contributed by atoms with Crippen molar-refractivity contribution in [1.29, 1.82) is 0 Å². The molecule has 192 valence electrons. The number of hydrogen-bond acceptors (Lipinski definition) is 6. The molecule has 1 unspecified atom stereocenters. The van der Waals surface area contributed by atoms with Gasteiger partial charge in [-0.1, -0.05) is 57.2 Å². The van der Waals surface area contributed by atoms with Gasteiger partial charge in [0.25, 0.3) is 11.7 Å². The zero-order valence-corrected chi connectivity index (χ0v) is 21.6. The number of carbonyl (C=O) groups excluding carboxylic acids is 2. The molecular weight excluding hydrogens is 456 g/mol. The monoisotopic (exact) mass is 492 g/mol. The van der Waals surface area contributed by atoms with Crippen LogP contribution in [0, 0.1) is 0 Å². The number of rotatable bonds is 7. The van der Waals surface area contributed by atoms with Crippen molar-refractivity contribution in [3.05, 3.63) is 70.8 Å². The molecule has 0 radical (unpaired) electrons. The average molecular weight is 493 g/mol. The van der Waals surface area contributed by atoms with Gasteiger partial charge in [-0.2, -0.15) is 0 Å². The number of likely N-dealkylation sites (tertiary alicyclic amines) is 1. The summed E-state index contributed by atoms with van der Waals surface area (Å²) in [6.45, 7) is 10.8. The first-order chi connectivity index (χ1) is 17.2. The summed E-state index contributed by atoms with van der Waals surface area (Å²) in [5.41, 5.74) is 2.49. The molecule has 1 amide bonds. The Morgan fingerprint density at radius 1 is 1.06 bits per heavy atom. The molecule has 7 heteroatoms. The van der Waals surface area contributed by atoms with Crippen LogP contribution >= 0.6 is 0 Å². The van der Waals surface area contributed by atoms with Crippen molar-refractivity contribution in [2.24, 2.45) is 0 Å². The summed E-state index contributed by atoms with van der Waals surface area (Å²) in [4.78, 5) is 30.5. The third kappa shape index (κ3) is 5.47. The second kappa shape index (κ2) is 10.8. The van der Waals surface area contributed by atoms with E-state index in [-0.39, 0.29) is 16.7 Å². The summed E-state index contributed by atoms with van der Waals surface area (Å²) < 4.78 is 10.7. The van der Waals surface area contributed by atoms with Crippen LogP contribution in [0.15, 0.2) is 54.1 Å². The summed E-state index contributed by atoms with van der Waals surface area (Å²) in [7, 11) is 1.54. The Morgan fingerprint density at radius 3 is 2.39 bits per heavy atom. The number of benzene rings is 2. The molecule has 4 rings (SSSR count). The van der Waals surface area contributed by atoms with Crippen LogP contribution in [0.5, 0.6) is 5.75 Å². The zero-order chi connectivity index (χ0) is 25.9. The van der Waals surface area contributed by atoms with E-state index < -0.39 is 17.7 Å². The maximum Gasteiger partial charge on any atom is 0.295 e. The summed E-state index contributed by atoms with van der Waals surface area (Å²) in [6.07, 6.45) is 0.725. The molecule has 2 aromatic carbocycles. The Morgan fingerprint density at radius 2 is 1.75 bits per heavy atom. The normalized spacial score (nSPS) is 20.7. The van der Waals surface area contributed by atoms with Crippen molar-refractivity contribution >= 4 is 17.4 Å². The maximum absolute atomic E-state index is 13.3. The van der Waals surface area contributed by atoms with Crippen LogP contribution in [0.25, 0.3) is 5.76 Å². The molecule has 7 nitrogen and oxygen atoms in total. The van der Waals surface area contributed by atoms with E-state index in [0.29, 0.717) is 31.1 Å². The number of nitrogens with zero attached hydrogens (tertiary/aromatic N) is 2. The molecule has 0 saturated carbocycles. The minimum absolute atomic E-state index is 0.0287. The smallest absolute Gasteiger partial charge is 0.295 e. The zero-order valence-electron chi connectivity index (χ0n) is 21.6. The highest BCUT2D eigenvalue weighted by molar-refractivity contribution is 6.46. The van der Waals surface area contributed by atoms with Gasteiger partial charge < -0.3 is 19.5 Å². The van der Waals surface area contributed by atoms with E-state index in [4.69, 9.17) is 9.47 Å². The Bertz CT molecular complexity index is 1130. The number of aliphatic hydroxyl groups is 1. The maximum atomic E-state index is 13.3. The molecule has 2 saturated heterocycles. The Kier molecular flexibility index (Phi) is 7.81. The van der Waals surface area contributed by atoms with E-state index in [1.54, 1.807) is 36.3 Å². The summed E-state index contributed by atoms with van der Waals surface area (Å²) in [5, 5.41) is 11.3. The number of amides is 1. The lowest BCUT2D eigenvalue weighted by Crippen LogP contribution is -2.39. The van der Waals surface area contributed by atoms with Gasteiger partial charge in [0, 0.05) is 31.7 Å². The molecule has 2 fully saturated rings. The summed E-state index contributed by atoms with van der Waals surface area (Å²) in [6, 6.07) is 14.2. The standard InChI is InChI=1S/C29H36N2O5/c1-29(2,3)22-11-9-20(10-12-22)25-24(26(32)21-7-5-8-23(19-21)35-4)27(33)28(34)31(25)14-6-13-30-15-17-36-18-16-30/h5,7-12,19,25,32H,6,13-18H2,1-4H3/b26-24-. The first-order valence-electron chi connectivity index (χ1n) is 12.5. The van der Waals surface area contributed by atoms with Crippen molar-refractivity contribution < 1.29 is 24.2 Å². The number of Topliss-reactive ketones (excluding diaryl/α,β-unsaturated/α-hetero) is 1. The van der Waals surface area contributed by atoms with Crippen LogP contribution in [0.2, 0.25) is 0 Å². The van der Waals surface area contributed by atoms with Crippen molar-refractivity contribution in [3.8, 4) is 5.75 Å². The predicted molar refractivity (Wildman–Crippen MR) is 139 cm³/mol. The lowest BCUT2D eigenvalue weighted by atomic mass is 9.85. The Balaban J connectivity index is 1.70. The van der Waals surface area contributed by atoms with Crippen LogP contribution in [0.4, 0.5) is 0 Å². The first-order valence-corrected chi connectivity index (χ1v) is 12.5. The minimum Gasteiger partial charge on any atom is -0.507 e. The Labute approximate surface area is 213 Å². The molecule has 36 heavy (non-hydrogen) atoms. The SMILES string of the molecule is COc1cccc(/C(O)=C2/C(=O)C(=O)N(CCCN3CCOCC3)C2c2ccc(C(C)(C)C)cc2)c1. The molecule has 0 aromatic heterocycles. The van der Waals surface area contributed by atoms with Gasteiger partial charge in [0.2, 0.25) is 0 Å². The van der Waals surface area contributed by atoms with Gasteiger partial charge in [-0.25, -0.2) is 0 Å². The molecule has 0 spiro atoms. The number of hydrogen-bond donors (Lipinski definition) is 1. The van der Waals surface area contributed by atoms with Gasteiger partial charge in [0.15, 0.2) is 0 Å². The lowest BCUT2D eigenvalue weighted by Gasteiger charge is -2.29. The average Bonchev–Trinajstić information content (AvgIpc) is 3.13. The number of ether oxygens (including phenoxy) is 2. The number of ketones is 1. The van der Waals surface area contributed by atoms with Crippen molar-refractivity contribution in [2.75, 3.05) is 46.5 Å². The van der Waals surface area contributed by atoms with Crippen molar-refractivity contribution in [2.45, 2.75) is 38.6 Å². The van der Waals surface area contributed by atoms with Gasteiger partial charge >= 0.3 is 0 Å². The van der Waals surface area contributed by atoms with E-state index in [1.165, 1.54) is 0 Å². The number of aliphatic hydroxyl groups excluding tert-OH is 1. The van der Waals surface area contributed by atoms with Crippen LogP contribution in [-0.4, -0.2) is 73.1 Å². The van der Waals surface area contributed by atoms with Gasteiger partial charge in [-0.05, 0) is 35.1 Å². The van der Waals surface area contributed by atoms with Crippen LogP contribution in [-0.2, 0) is 19.7 Å². The molecule has 0 aliphatic carbocycles. The van der Waals surface area contributed by atoms with Crippen LogP contribution < -0.4 is 4.74 Å². The quantitative estimate of drug-likeness (QED) is 0.356. The number of morpholine rings is 1. The second-order valence-corrected chi connectivity index (χ2v) is 10.4. The largest absolute Gasteiger partial charge is 0.507 e. The summed E-state index contributed by atoms with van der Waals surface area (Å²) in [5.74, 6) is -0.865. The highest BCUT2D eigenvalue weighted by Crippen LogP contribution is 2.40. The van der Waals surface area contributed by atoms with E-state index in [0.717, 1.165) is 37.2 Å². The topological polar surface area (TPSA) is 79.3 Å². The van der Waals surface area contributed by atoms with Crippen molar-refractivity contribution in [1.82, 2.24) is 9.80 Å². The third-order valence-electron chi connectivity index (χ3n) is 6.95. The fraction of sp³-hybridized carbons (Fsp3) is 0.448. The highest BCUT2D eigenvalue weighted by atomic mass is 16.5. The third-order valence-corrected chi connectivity index (χ3v) is 6.95. The lowest BCUT2D eigenvalue weighted by molar-refractivity contribution is -0.140. The van der Waals surface area contributed by atoms with E-state index in [1.807, 2.05) is 24.3 Å². The number of carbonyl (C=O) groups is 2. The molecule has 2 aromatic rings. The molecule has 2 heterocycles. The fourth-order valence-corrected chi connectivity index (χ4v) is 4.84. The molecule has 2 aliphatic rings. The van der Waals surface area contributed by atoms with Gasteiger partial charge in [-0.3, -0.25) is 14.5 Å².